The second kappa shape index (κ2) is 4.76. The first kappa shape index (κ1) is 13.7. The smallest absolute Gasteiger partial charge is 0.332 e. The van der Waals surface area contributed by atoms with Crippen molar-refractivity contribution in [1.82, 2.24) is 19.1 Å². The molecule has 2 aromatic heterocycles. The molecule has 0 fully saturated rings. The van der Waals surface area contributed by atoms with Crippen LogP contribution in [0.5, 0.6) is 0 Å². The molecule has 0 saturated carbocycles. The lowest BCUT2D eigenvalue weighted by Gasteiger charge is -2.07. The van der Waals surface area contributed by atoms with Crippen molar-refractivity contribution in [2.24, 2.45) is 19.3 Å². The molecular formula is C11H13N5O4. The molecule has 9 nitrogen and oxygen atoms in total. The lowest BCUT2D eigenvalue weighted by Crippen LogP contribution is -2.39. The largest absolute Gasteiger partial charge is 0.411 e. The topological polar surface area (TPSA) is 122 Å². The number of fused-ring (bicyclic) bond motifs is 1. The van der Waals surface area contributed by atoms with Crippen LogP contribution >= 0.6 is 0 Å². The van der Waals surface area contributed by atoms with Crippen LogP contribution in [0.1, 0.15) is 19.0 Å². The molecule has 2 rings (SSSR count). The number of aryl methyl sites for hydroxylation is 1. The molecule has 2 N–H and O–H groups in total. The van der Waals surface area contributed by atoms with E-state index in [-0.39, 0.29) is 29.0 Å². The van der Waals surface area contributed by atoms with Gasteiger partial charge in [-0.25, -0.2) is 9.78 Å². The van der Waals surface area contributed by atoms with E-state index in [0.717, 1.165) is 9.13 Å². The van der Waals surface area contributed by atoms with Crippen LogP contribution in [0.3, 0.4) is 0 Å². The summed E-state index contributed by atoms with van der Waals surface area (Å²) in [6.45, 7) is 1.68. The van der Waals surface area contributed by atoms with Crippen molar-refractivity contribution < 1.29 is 5.21 Å². The van der Waals surface area contributed by atoms with Gasteiger partial charge >= 0.3 is 5.69 Å². The molecule has 2 aromatic rings. The second-order valence-electron chi connectivity index (χ2n) is 4.22. The molecule has 0 atom stereocenters. The molecule has 0 unspecified atom stereocenters. The second-order valence-corrected chi connectivity index (χ2v) is 4.22. The maximum atomic E-state index is 11.9. The Labute approximate surface area is 111 Å². The zero-order chi connectivity index (χ0) is 15.0. The fourth-order valence-corrected chi connectivity index (χ4v) is 1.88. The van der Waals surface area contributed by atoms with Gasteiger partial charge in [-0.05, 0) is 6.42 Å². The highest BCUT2D eigenvalue weighted by Gasteiger charge is 2.16. The number of oxime groups is 1. The van der Waals surface area contributed by atoms with E-state index in [0.29, 0.717) is 0 Å². The highest BCUT2D eigenvalue weighted by molar-refractivity contribution is 5.98. The summed E-state index contributed by atoms with van der Waals surface area (Å²) < 4.78 is 2.02. The molecule has 2 heterocycles. The Morgan fingerprint density at radius 2 is 1.95 bits per heavy atom. The summed E-state index contributed by atoms with van der Waals surface area (Å²) >= 11 is 0. The molecule has 0 bridgehead atoms. The van der Waals surface area contributed by atoms with Gasteiger partial charge in [0.25, 0.3) is 11.1 Å². The minimum absolute atomic E-state index is 0.0299. The SMILES string of the molecule is CC/C(=N\O)c1nc2c([nH]c1=O)c(=O)n(C)c(=O)n2C. The van der Waals surface area contributed by atoms with E-state index in [4.69, 9.17) is 5.21 Å². The van der Waals surface area contributed by atoms with Gasteiger partial charge in [0, 0.05) is 14.1 Å². The first-order chi connectivity index (χ1) is 9.42. The normalized spacial score (nSPS) is 12.1. The van der Waals surface area contributed by atoms with Crippen LogP contribution in [0, 0.1) is 0 Å². The van der Waals surface area contributed by atoms with Gasteiger partial charge < -0.3 is 10.2 Å². The van der Waals surface area contributed by atoms with E-state index >= 15 is 0 Å². The van der Waals surface area contributed by atoms with Crippen LogP contribution in [0.2, 0.25) is 0 Å². The van der Waals surface area contributed by atoms with Crippen LogP contribution in [0.25, 0.3) is 11.2 Å². The summed E-state index contributed by atoms with van der Waals surface area (Å²) in [5.74, 6) is 0. The number of nitrogens with one attached hydrogen (secondary N) is 1. The molecule has 0 aliphatic heterocycles. The number of H-pyrrole nitrogens is 1. The minimum atomic E-state index is -0.650. The van der Waals surface area contributed by atoms with E-state index in [1.165, 1.54) is 14.1 Å². The third-order valence-electron chi connectivity index (χ3n) is 3.03. The average Bonchev–Trinajstić information content (AvgIpc) is 2.45. The summed E-state index contributed by atoms with van der Waals surface area (Å²) in [7, 11) is 2.74. The van der Waals surface area contributed by atoms with E-state index in [1.807, 2.05) is 0 Å². The van der Waals surface area contributed by atoms with Crippen LogP contribution in [-0.4, -0.2) is 30.0 Å². The number of aromatic nitrogens is 4. The Bertz CT molecular complexity index is 887. The quantitative estimate of drug-likeness (QED) is 0.411. The summed E-state index contributed by atoms with van der Waals surface area (Å²) in [5.41, 5.74) is -1.95. The third kappa shape index (κ3) is 1.83. The lowest BCUT2D eigenvalue weighted by molar-refractivity contribution is 0.318. The van der Waals surface area contributed by atoms with Gasteiger partial charge in [0.2, 0.25) is 0 Å². The van der Waals surface area contributed by atoms with Crippen LogP contribution in [0.15, 0.2) is 19.5 Å². The van der Waals surface area contributed by atoms with Gasteiger partial charge in [-0.1, -0.05) is 12.1 Å². The fraction of sp³-hybridized carbons (Fsp3) is 0.364. The predicted octanol–water partition coefficient (Wildman–Crippen LogP) is -1.09. The zero-order valence-corrected chi connectivity index (χ0v) is 11.2. The van der Waals surface area contributed by atoms with Crippen molar-refractivity contribution >= 4 is 16.9 Å². The van der Waals surface area contributed by atoms with Gasteiger partial charge in [-0.3, -0.25) is 18.7 Å². The first-order valence-electron chi connectivity index (χ1n) is 5.83. The van der Waals surface area contributed by atoms with Gasteiger partial charge in [0.15, 0.2) is 16.9 Å². The van der Waals surface area contributed by atoms with E-state index in [9.17, 15) is 14.4 Å². The first-order valence-corrected chi connectivity index (χ1v) is 5.83. The van der Waals surface area contributed by atoms with Gasteiger partial charge in [-0.15, -0.1) is 0 Å². The van der Waals surface area contributed by atoms with Gasteiger partial charge in [0.05, 0.1) is 0 Å². The number of rotatable bonds is 2. The van der Waals surface area contributed by atoms with Crippen LogP contribution in [-0.2, 0) is 14.1 Å². The molecule has 0 saturated heterocycles. The van der Waals surface area contributed by atoms with E-state index < -0.39 is 16.8 Å². The Morgan fingerprint density at radius 1 is 1.30 bits per heavy atom. The van der Waals surface area contributed by atoms with Gasteiger partial charge in [-0.2, -0.15) is 0 Å². The molecule has 0 aliphatic rings. The van der Waals surface area contributed by atoms with Crippen molar-refractivity contribution in [3.63, 3.8) is 0 Å². The molecule has 0 aliphatic carbocycles. The molecular weight excluding hydrogens is 266 g/mol. The van der Waals surface area contributed by atoms with E-state index in [2.05, 4.69) is 15.1 Å². The number of hydrogen-bond acceptors (Lipinski definition) is 6. The molecule has 0 aromatic carbocycles. The monoisotopic (exact) mass is 279 g/mol. The minimum Gasteiger partial charge on any atom is -0.411 e. The van der Waals surface area contributed by atoms with Crippen molar-refractivity contribution in [3.8, 4) is 0 Å². The Hall–Kier alpha value is -2.71. The third-order valence-corrected chi connectivity index (χ3v) is 3.03. The summed E-state index contributed by atoms with van der Waals surface area (Å²) in [5, 5.41) is 11.9. The molecule has 106 valence electrons. The molecule has 0 amide bonds. The maximum absolute atomic E-state index is 11.9. The summed E-state index contributed by atoms with van der Waals surface area (Å²) in [6.07, 6.45) is 0.275. The molecule has 20 heavy (non-hydrogen) atoms. The fourth-order valence-electron chi connectivity index (χ4n) is 1.88. The van der Waals surface area contributed by atoms with Crippen molar-refractivity contribution in [3.05, 3.63) is 36.9 Å². The highest BCUT2D eigenvalue weighted by Crippen LogP contribution is 2.01. The van der Waals surface area contributed by atoms with Crippen molar-refractivity contribution in [2.75, 3.05) is 0 Å². The maximum Gasteiger partial charge on any atom is 0.332 e. The Kier molecular flexibility index (Phi) is 3.26. The summed E-state index contributed by atoms with van der Waals surface area (Å²) in [4.78, 5) is 42.0. The lowest BCUT2D eigenvalue weighted by atomic mass is 10.2. The number of aromatic amines is 1. The standard InChI is InChI=1S/C11H13N5O4/c1-4-5(14-20)6-9(17)13-7-8(12-6)15(2)11(19)16(3)10(7)18/h20H,4H2,1-3H3,(H,13,17)/b14-5+. The average molecular weight is 279 g/mol. The van der Waals surface area contributed by atoms with E-state index in [1.54, 1.807) is 6.92 Å². The molecule has 0 spiro atoms. The molecule has 0 radical (unpaired) electrons. The van der Waals surface area contributed by atoms with Gasteiger partial charge in [0.1, 0.15) is 5.71 Å². The van der Waals surface area contributed by atoms with Crippen molar-refractivity contribution in [1.29, 1.82) is 0 Å². The highest BCUT2D eigenvalue weighted by atomic mass is 16.4. The number of nitrogens with zero attached hydrogens (tertiary/aromatic N) is 4. The van der Waals surface area contributed by atoms with Crippen molar-refractivity contribution in [2.45, 2.75) is 13.3 Å². The summed E-state index contributed by atoms with van der Waals surface area (Å²) in [6, 6.07) is 0. The predicted molar refractivity (Wildman–Crippen MR) is 71.5 cm³/mol. The van der Waals surface area contributed by atoms with Crippen LogP contribution in [0.4, 0.5) is 0 Å². The Balaban J connectivity index is 3.02. The van der Waals surface area contributed by atoms with Crippen LogP contribution < -0.4 is 16.8 Å². The molecule has 9 heteroatoms. The number of hydrogen-bond donors (Lipinski definition) is 2. The zero-order valence-electron chi connectivity index (χ0n) is 11.2. The Morgan fingerprint density at radius 3 is 2.50 bits per heavy atom.